The monoisotopic (exact) mass is 343 g/mol. The van der Waals surface area contributed by atoms with Gasteiger partial charge in [0, 0.05) is 5.56 Å². The maximum Gasteiger partial charge on any atom is 0.162 e. The molecular weight excluding hydrogens is 322 g/mol. The van der Waals surface area contributed by atoms with Crippen LogP contribution in [0.3, 0.4) is 0 Å². The summed E-state index contributed by atoms with van der Waals surface area (Å²) in [5.74, 6) is 2.05. The van der Waals surface area contributed by atoms with E-state index in [1.165, 1.54) is 0 Å². The molecule has 0 aromatic heterocycles. The molecule has 126 valence electrons. The summed E-state index contributed by atoms with van der Waals surface area (Å²) >= 11 is 4.99. The maximum absolute atomic E-state index is 5.80. The average Bonchev–Trinajstić information content (AvgIpc) is 2.60. The lowest BCUT2D eigenvalue weighted by atomic mass is 10.1. The fourth-order valence-electron chi connectivity index (χ4n) is 2.21. The summed E-state index contributed by atoms with van der Waals surface area (Å²) in [5, 5.41) is 0. The standard InChI is InChI=1S/C19H21NO3S/c1-3-6-14-7-4-5-8-16(14)22-11-12-23-18-13-15(19(20)24)9-10-17(18)21-2/h3-5,7-10,13H,1,6,11-12H2,2H3,(H2,20,24). The van der Waals surface area contributed by atoms with Gasteiger partial charge in [0.1, 0.15) is 24.0 Å². The van der Waals surface area contributed by atoms with Gasteiger partial charge in [0.05, 0.1) is 7.11 Å². The third-order valence-electron chi connectivity index (χ3n) is 3.38. The second-order valence-corrected chi connectivity index (χ2v) is 5.47. The van der Waals surface area contributed by atoms with Gasteiger partial charge in [-0.2, -0.15) is 0 Å². The highest BCUT2D eigenvalue weighted by molar-refractivity contribution is 7.80. The normalized spacial score (nSPS) is 10.0. The Morgan fingerprint density at radius 1 is 1.08 bits per heavy atom. The van der Waals surface area contributed by atoms with Crippen molar-refractivity contribution in [1.82, 2.24) is 0 Å². The number of thiocarbonyl (C=S) groups is 1. The van der Waals surface area contributed by atoms with Gasteiger partial charge in [0.25, 0.3) is 0 Å². The molecule has 5 heteroatoms. The first-order valence-electron chi connectivity index (χ1n) is 7.58. The molecule has 0 bridgehead atoms. The molecule has 0 saturated heterocycles. The Labute approximate surface area is 147 Å². The van der Waals surface area contributed by atoms with Gasteiger partial charge in [-0.1, -0.05) is 36.5 Å². The Morgan fingerprint density at radius 3 is 2.46 bits per heavy atom. The van der Waals surface area contributed by atoms with Crippen molar-refractivity contribution in [3.63, 3.8) is 0 Å². The number of nitrogens with two attached hydrogens (primary N) is 1. The van der Waals surface area contributed by atoms with Crippen molar-refractivity contribution in [3.8, 4) is 17.2 Å². The van der Waals surface area contributed by atoms with E-state index in [1.54, 1.807) is 25.3 Å². The van der Waals surface area contributed by atoms with Gasteiger partial charge in [-0.15, -0.1) is 6.58 Å². The minimum absolute atomic E-state index is 0.317. The summed E-state index contributed by atoms with van der Waals surface area (Å²) in [6.07, 6.45) is 2.62. The Balaban J connectivity index is 1.96. The van der Waals surface area contributed by atoms with Crippen molar-refractivity contribution in [2.45, 2.75) is 6.42 Å². The van der Waals surface area contributed by atoms with Crippen molar-refractivity contribution in [1.29, 1.82) is 0 Å². The van der Waals surface area contributed by atoms with Gasteiger partial charge in [0.15, 0.2) is 11.5 Å². The summed E-state index contributed by atoms with van der Waals surface area (Å²) in [5.41, 5.74) is 7.48. The molecule has 0 aliphatic carbocycles. The fraction of sp³-hybridized carbons (Fsp3) is 0.211. The van der Waals surface area contributed by atoms with E-state index in [2.05, 4.69) is 6.58 Å². The molecule has 2 aromatic carbocycles. The summed E-state index contributed by atoms with van der Waals surface area (Å²) in [7, 11) is 1.59. The molecule has 0 amide bonds. The molecule has 0 heterocycles. The van der Waals surface area contributed by atoms with E-state index >= 15 is 0 Å². The number of methoxy groups -OCH3 is 1. The first-order chi connectivity index (χ1) is 11.7. The molecule has 0 spiro atoms. The number of hydrogen-bond donors (Lipinski definition) is 1. The van der Waals surface area contributed by atoms with Crippen LogP contribution < -0.4 is 19.9 Å². The Bertz CT molecular complexity index is 716. The van der Waals surface area contributed by atoms with Crippen LogP contribution in [0.25, 0.3) is 0 Å². The van der Waals surface area contributed by atoms with Crippen molar-refractivity contribution < 1.29 is 14.2 Å². The zero-order valence-corrected chi connectivity index (χ0v) is 14.5. The van der Waals surface area contributed by atoms with E-state index in [0.29, 0.717) is 29.7 Å². The van der Waals surface area contributed by atoms with E-state index in [1.807, 2.05) is 30.3 Å². The zero-order valence-electron chi connectivity index (χ0n) is 13.7. The molecule has 0 radical (unpaired) electrons. The van der Waals surface area contributed by atoms with Gasteiger partial charge >= 0.3 is 0 Å². The lowest BCUT2D eigenvalue weighted by Crippen LogP contribution is -2.12. The van der Waals surface area contributed by atoms with Crippen molar-refractivity contribution in [2.24, 2.45) is 5.73 Å². The van der Waals surface area contributed by atoms with Crippen molar-refractivity contribution >= 4 is 17.2 Å². The Morgan fingerprint density at radius 2 is 1.79 bits per heavy atom. The van der Waals surface area contributed by atoms with Crippen LogP contribution in [0.4, 0.5) is 0 Å². The number of hydrogen-bond acceptors (Lipinski definition) is 4. The molecule has 0 unspecified atom stereocenters. The second kappa shape index (κ2) is 8.93. The third kappa shape index (κ3) is 4.73. The molecule has 4 nitrogen and oxygen atoms in total. The molecule has 0 fully saturated rings. The zero-order chi connectivity index (χ0) is 17.4. The summed E-state index contributed by atoms with van der Waals surface area (Å²) in [6, 6.07) is 13.2. The minimum Gasteiger partial charge on any atom is -0.493 e. The third-order valence-corrected chi connectivity index (χ3v) is 3.62. The highest BCUT2D eigenvalue weighted by atomic mass is 32.1. The smallest absolute Gasteiger partial charge is 0.162 e. The highest BCUT2D eigenvalue weighted by Gasteiger charge is 2.08. The van der Waals surface area contributed by atoms with Crippen molar-refractivity contribution in [2.75, 3.05) is 20.3 Å². The summed E-state index contributed by atoms with van der Waals surface area (Å²) < 4.78 is 16.8. The van der Waals surface area contributed by atoms with Crippen LogP contribution in [0.5, 0.6) is 17.2 Å². The lowest BCUT2D eigenvalue weighted by molar-refractivity contribution is 0.210. The van der Waals surface area contributed by atoms with Crippen LogP contribution >= 0.6 is 12.2 Å². The first-order valence-corrected chi connectivity index (χ1v) is 7.98. The molecule has 0 aliphatic rings. The number of ether oxygens (including phenoxy) is 3. The van der Waals surface area contributed by atoms with Crippen LogP contribution in [-0.2, 0) is 6.42 Å². The summed E-state index contributed by atoms with van der Waals surface area (Å²) in [6.45, 7) is 4.55. The average molecular weight is 343 g/mol. The van der Waals surface area contributed by atoms with Gasteiger partial charge in [-0.25, -0.2) is 0 Å². The van der Waals surface area contributed by atoms with Crippen LogP contribution in [0.15, 0.2) is 55.1 Å². The van der Waals surface area contributed by atoms with Crippen LogP contribution in [0.1, 0.15) is 11.1 Å². The van der Waals surface area contributed by atoms with Crippen LogP contribution in [-0.4, -0.2) is 25.3 Å². The predicted molar refractivity (Wildman–Crippen MR) is 100 cm³/mol. The topological polar surface area (TPSA) is 53.7 Å². The van der Waals surface area contributed by atoms with Gasteiger partial charge in [-0.3, -0.25) is 0 Å². The molecule has 2 N–H and O–H groups in total. The van der Waals surface area contributed by atoms with Crippen molar-refractivity contribution in [3.05, 3.63) is 66.2 Å². The molecule has 0 atom stereocenters. The van der Waals surface area contributed by atoms with Gasteiger partial charge in [-0.05, 0) is 36.2 Å². The molecule has 24 heavy (non-hydrogen) atoms. The van der Waals surface area contributed by atoms with Crippen LogP contribution in [0, 0.1) is 0 Å². The fourth-order valence-corrected chi connectivity index (χ4v) is 2.34. The van der Waals surface area contributed by atoms with Gasteiger partial charge < -0.3 is 19.9 Å². The first kappa shape index (κ1) is 17.8. The number of rotatable bonds is 9. The number of para-hydroxylation sites is 1. The lowest BCUT2D eigenvalue weighted by Gasteiger charge is -2.14. The molecular formula is C19H21NO3S. The Hall–Kier alpha value is -2.53. The molecule has 2 rings (SSSR count). The van der Waals surface area contributed by atoms with E-state index in [-0.39, 0.29) is 0 Å². The van der Waals surface area contributed by atoms with E-state index in [9.17, 15) is 0 Å². The maximum atomic E-state index is 5.80. The largest absolute Gasteiger partial charge is 0.493 e. The van der Waals surface area contributed by atoms with E-state index in [0.717, 1.165) is 23.3 Å². The van der Waals surface area contributed by atoms with Crippen LogP contribution in [0.2, 0.25) is 0 Å². The second-order valence-electron chi connectivity index (χ2n) is 5.03. The molecule has 0 aliphatic heterocycles. The molecule has 0 saturated carbocycles. The highest BCUT2D eigenvalue weighted by Crippen LogP contribution is 2.28. The number of benzene rings is 2. The SMILES string of the molecule is C=CCc1ccccc1OCCOc1cc(C(N)=S)ccc1OC. The quantitative estimate of drug-likeness (QED) is 0.429. The minimum atomic E-state index is 0.317. The molecule has 2 aromatic rings. The summed E-state index contributed by atoms with van der Waals surface area (Å²) in [4.78, 5) is 0.317. The Kier molecular flexibility index (Phi) is 6.63. The number of allylic oxidation sites excluding steroid dienone is 1. The van der Waals surface area contributed by atoms with E-state index in [4.69, 9.17) is 32.2 Å². The van der Waals surface area contributed by atoms with E-state index < -0.39 is 0 Å². The predicted octanol–water partition coefficient (Wildman–Crippen LogP) is 3.52. The van der Waals surface area contributed by atoms with Gasteiger partial charge in [0.2, 0.25) is 0 Å².